The monoisotopic (exact) mass is 483 g/mol. The van der Waals surface area contributed by atoms with Crippen LogP contribution in [0, 0.1) is 40.9 Å². The molecule has 0 radical (unpaired) electrons. The first kappa shape index (κ1) is 25.8. The second kappa shape index (κ2) is 9.99. The number of carboxylic acids is 1. The van der Waals surface area contributed by atoms with E-state index in [1.807, 2.05) is 0 Å². The molecule has 0 saturated heterocycles. The van der Waals surface area contributed by atoms with Crippen LogP contribution in [0.25, 0.3) is 0 Å². The van der Waals surface area contributed by atoms with E-state index < -0.39 is 11.6 Å². The highest BCUT2D eigenvalue weighted by Crippen LogP contribution is 2.67. The van der Waals surface area contributed by atoms with E-state index in [1.165, 1.54) is 5.57 Å². The van der Waals surface area contributed by atoms with Gasteiger partial charge in [-0.25, -0.2) is 0 Å². The van der Waals surface area contributed by atoms with Crippen molar-refractivity contribution in [2.24, 2.45) is 28.6 Å². The summed E-state index contributed by atoms with van der Waals surface area (Å²) in [4.78, 5) is 27.8. The van der Waals surface area contributed by atoms with Gasteiger partial charge in [0.05, 0.1) is 5.70 Å². The fraction of sp³-hybridized carbons (Fsp3) is 0.714. The zero-order chi connectivity index (χ0) is 25.3. The minimum atomic E-state index is -1.07. The minimum absolute atomic E-state index is 0.00433. The molecule has 0 aromatic rings. The van der Waals surface area contributed by atoms with E-state index in [0.29, 0.717) is 43.6 Å². The predicted molar refractivity (Wildman–Crippen MR) is 130 cm³/mol. The fourth-order valence-corrected chi connectivity index (χ4v) is 7.60. The zero-order valence-electron chi connectivity index (χ0n) is 21.0. The molecule has 7 nitrogen and oxygen atoms in total. The van der Waals surface area contributed by atoms with Crippen molar-refractivity contribution in [3.8, 4) is 12.3 Å². The largest absolute Gasteiger partial charge is 0.550 e. The van der Waals surface area contributed by atoms with E-state index >= 15 is 0 Å². The molecule has 3 N–H and O–H groups in total. The van der Waals surface area contributed by atoms with Crippen LogP contribution in [0.1, 0.15) is 78.1 Å². The summed E-state index contributed by atoms with van der Waals surface area (Å²) in [5.41, 5.74) is 4.22. The number of allylic oxidation sites excluding steroid dienone is 3. The van der Waals surface area contributed by atoms with Crippen LogP contribution in [0.5, 0.6) is 0 Å². The van der Waals surface area contributed by atoms with Crippen LogP contribution in [0.4, 0.5) is 0 Å². The van der Waals surface area contributed by atoms with Gasteiger partial charge in [0.25, 0.3) is 0 Å². The summed E-state index contributed by atoms with van der Waals surface area (Å²) in [7, 11) is 0. The van der Waals surface area contributed by atoms with Crippen LogP contribution in [-0.4, -0.2) is 35.7 Å². The van der Waals surface area contributed by atoms with Crippen LogP contribution in [-0.2, 0) is 14.4 Å². The number of carbonyl (C=O) groups is 2. The standard InChI is InChI=1S/C28H40N2O5/c1-4-28(34)15-12-23-21-9-8-19-17-20(10-13-26(19,2)22(21)11-14-27(23,28)3)30-35-18-24(31)29-16-6-5-7-25(32)33/h1,10,17,21-23,30,34H,5-9,11-16,18H2,2-3H3,(H,29,31)(H,32,33)/p-1/t21-,22-,23+,26+,27-,28+/m0/s1. The number of carbonyl (C=O) groups excluding carboxylic acids is 2. The number of hydrogen-bond donors (Lipinski definition) is 3. The molecule has 3 fully saturated rings. The number of hydroxylamine groups is 1. The molecule has 0 bridgehead atoms. The van der Waals surface area contributed by atoms with Crippen molar-refractivity contribution in [3.63, 3.8) is 0 Å². The lowest BCUT2D eigenvalue weighted by Gasteiger charge is -2.58. The van der Waals surface area contributed by atoms with Gasteiger partial charge in [-0.1, -0.05) is 31.4 Å². The first-order valence-electron chi connectivity index (χ1n) is 13.1. The SMILES string of the molecule is C#C[C@@]1(O)CC[C@@H]2[C@H]3CCC4=CC(NOCC(=O)NCCCCC(=O)[O-])=CC[C@@]4(C)[C@H]3CC[C@@]21C. The number of terminal acetylenes is 1. The van der Waals surface area contributed by atoms with Gasteiger partial charge >= 0.3 is 0 Å². The van der Waals surface area contributed by atoms with E-state index in [1.54, 1.807) is 0 Å². The molecule has 4 rings (SSSR count). The molecule has 1 amide bonds. The number of carboxylic acid groups (broad SMARTS) is 1. The highest BCUT2D eigenvalue weighted by Gasteiger charge is 2.63. The molecule has 0 unspecified atom stereocenters. The molecule has 4 aliphatic carbocycles. The Morgan fingerprint density at radius 1 is 1.23 bits per heavy atom. The number of rotatable bonds is 9. The quantitative estimate of drug-likeness (QED) is 0.264. The Labute approximate surface area is 208 Å². The lowest BCUT2D eigenvalue weighted by atomic mass is 9.47. The van der Waals surface area contributed by atoms with Crippen molar-refractivity contribution < 1.29 is 24.6 Å². The molecule has 0 aromatic heterocycles. The normalized spacial score (nSPS) is 37.6. The summed E-state index contributed by atoms with van der Waals surface area (Å²) in [5, 5.41) is 24.3. The van der Waals surface area contributed by atoms with Gasteiger partial charge in [-0.15, -0.1) is 6.42 Å². The molecule has 0 aromatic carbocycles. The Kier molecular flexibility index (Phi) is 7.36. The van der Waals surface area contributed by atoms with Crippen molar-refractivity contribution in [2.45, 2.75) is 83.7 Å². The third-order valence-electron chi connectivity index (χ3n) is 9.73. The molecule has 192 valence electrons. The highest BCUT2D eigenvalue weighted by molar-refractivity contribution is 5.77. The summed E-state index contributed by atoms with van der Waals surface area (Å²) in [6.45, 7) is 4.92. The number of nitrogens with one attached hydrogen (secondary N) is 2. The van der Waals surface area contributed by atoms with E-state index in [0.717, 1.165) is 44.2 Å². The maximum atomic E-state index is 11.9. The van der Waals surface area contributed by atoms with E-state index in [9.17, 15) is 19.8 Å². The molecule has 3 saturated carbocycles. The van der Waals surface area contributed by atoms with Gasteiger partial charge < -0.3 is 20.3 Å². The lowest BCUT2D eigenvalue weighted by molar-refractivity contribution is -0.305. The van der Waals surface area contributed by atoms with Gasteiger partial charge in [0, 0.05) is 17.9 Å². The van der Waals surface area contributed by atoms with Gasteiger partial charge in [0.2, 0.25) is 5.91 Å². The van der Waals surface area contributed by atoms with Gasteiger partial charge in [-0.2, -0.15) is 0 Å². The van der Waals surface area contributed by atoms with Crippen LogP contribution < -0.4 is 15.9 Å². The number of fused-ring (bicyclic) bond motifs is 5. The second-order valence-corrected chi connectivity index (χ2v) is 11.4. The molecule has 6 atom stereocenters. The predicted octanol–water partition coefficient (Wildman–Crippen LogP) is 2.36. The van der Waals surface area contributed by atoms with Crippen molar-refractivity contribution in [2.75, 3.05) is 13.2 Å². The van der Waals surface area contributed by atoms with Crippen molar-refractivity contribution >= 4 is 11.9 Å². The van der Waals surface area contributed by atoms with Crippen molar-refractivity contribution in [1.82, 2.24) is 10.8 Å². The van der Waals surface area contributed by atoms with Crippen molar-refractivity contribution in [3.05, 3.63) is 23.4 Å². The zero-order valence-corrected chi connectivity index (χ0v) is 21.0. The molecular formula is C28H39N2O5-. The molecule has 7 heteroatoms. The molecular weight excluding hydrogens is 444 g/mol. The topological polar surface area (TPSA) is 111 Å². The Hall–Kier alpha value is -2.30. The van der Waals surface area contributed by atoms with Crippen LogP contribution >= 0.6 is 0 Å². The molecule has 0 spiro atoms. The smallest absolute Gasteiger partial charge is 0.248 e. The van der Waals surface area contributed by atoms with Crippen LogP contribution in [0.2, 0.25) is 0 Å². The third-order valence-corrected chi connectivity index (χ3v) is 9.73. The molecule has 35 heavy (non-hydrogen) atoms. The molecule has 0 aliphatic heterocycles. The van der Waals surface area contributed by atoms with Gasteiger partial charge in [-0.05, 0) is 93.5 Å². The highest BCUT2D eigenvalue weighted by atomic mass is 16.6. The fourth-order valence-electron chi connectivity index (χ4n) is 7.60. The second-order valence-electron chi connectivity index (χ2n) is 11.4. The maximum Gasteiger partial charge on any atom is 0.248 e. The number of unbranched alkanes of at least 4 members (excludes halogenated alkanes) is 1. The van der Waals surface area contributed by atoms with Gasteiger partial charge in [0.15, 0.2) is 6.61 Å². The minimum Gasteiger partial charge on any atom is -0.550 e. The maximum absolute atomic E-state index is 11.9. The first-order valence-corrected chi connectivity index (χ1v) is 13.1. The van der Waals surface area contributed by atoms with Gasteiger partial charge in [-0.3, -0.25) is 15.1 Å². The Morgan fingerprint density at radius 3 is 2.74 bits per heavy atom. The molecule has 4 aliphatic rings. The summed E-state index contributed by atoms with van der Waals surface area (Å²) in [6, 6.07) is 0. The average molecular weight is 484 g/mol. The molecule has 0 heterocycles. The summed E-state index contributed by atoms with van der Waals surface area (Å²) in [5.74, 6) is 3.10. The number of aliphatic carboxylic acids is 1. The number of hydrogen-bond acceptors (Lipinski definition) is 6. The number of amides is 1. The first-order chi connectivity index (χ1) is 16.6. The third kappa shape index (κ3) is 4.75. The summed E-state index contributed by atoms with van der Waals surface area (Å²) in [6.07, 6.45) is 18.1. The van der Waals surface area contributed by atoms with E-state index in [-0.39, 0.29) is 29.8 Å². The van der Waals surface area contributed by atoms with Crippen LogP contribution in [0.15, 0.2) is 23.4 Å². The van der Waals surface area contributed by atoms with E-state index in [4.69, 9.17) is 11.3 Å². The van der Waals surface area contributed by atoms with E-state index in [2.05, 4.69) is 42.7 Å². The summed E-state index contributed by atoms with van der Waals surface area (Å²) < 4.78 is 0. The number of aliphatic hydroxyl groups is 1. The Bertz CT molecular complexity index is 951. The Balaban J connectivity index is 1.29. The summed E-state index contributed by atoms with van der Waals surface area (Å²) >= 11 is 0. The lowest BCUT2D eigenvalue weighted by Crippen LogP contribution is -2.54. The van der Waals surface area contributed by atoms with Gasteiger partial charge in [0.1, 0.15) is 5.60 Å². The average Bonchev–Trinajstić information content (AvgIpc) is 3.10. The van der Waals surface area contributed by atoms with Crippen molar-refractivity contribution in [1.29, 1.82) is 0 Å². The Morgan fingerprint density at radius 2 is 2.00 bits per heavy atom. The van der Waals surface area contributed by atoms with Crippen LogP contribution in [0.3, 0.4) is 0 Å².